The number of rotatable bonds is 3. The van der Waals surface area contributed by atoms with E-state index in [4.69, 9.17) is 0 Å². The quantitative estimate of drug-likeness (QED) is 0.747. The minimum absolute atomic E-state index is 0.0670. The van der Waals surface area contributed by atoms with Gasteiger partial charge in [0.2, 0.25) is 0 Å². The van der Waals surface area contributed by atoms with Crippen molar-refractivity contribution >= 4 is 10.9 Å². The molecule has 5 nitrogen and oxygen atoms in total. The van der Waals surface area contributed by atoms with Gasteiger partial charge < -0.3 is 0 Å². The van der Waals surface area contributed by atoms with Gasteiger partial charge in [0.05, 0.1) is 17.6 Å². The van der Waals surface area contributed by atoms with Gasteiger partial charge in [0, 0.05) is 17.8 Å². The Morgan fingerprint density at radius 2 is 2.00 bits per heavy atom. The molecule has 0 bridgehead atoms. The smallest absolute Gasteiger partial charge is 0.265 e. The van der Waals surface area contributed by atoms with Crippen molar-refractivity contribution < 1.29 is 0 Å². The summed E-state index contributed by atoms with van der Waals surface area (Å²) in [6, 6.07) is 6.16. The molecule has 4 rings (SSSR count). The first kappa shape index (κ1) is 14.2. The molecule has 0 saturated heterocycles. The second-order valence-electron chi connectivity index (χ2n) is 6.37. The molecule has 23 heavy (non-hydrogen) atoms. The monoisotopic (exact) mass is 308 g/mol. The van der Waals surface area contributed by atoms with Crippen LogP contribution in [0.25, 0.3) is 16.6 Å². The molecule has 0 amide bonds. The molecule has 2 heterocycles. The van der Waals surface area contributed by atoms with E-state index in [1.807, 2.05) is 13.0 Å². The number of fused-ring (bicyclic) bond motifs is 1. The molecule has 0 aliphatic heterocycles. The zero-order chi connectivity index (χ0) is 16.1. The Balaban J connectivity index is 2.02. The lowest BCUT2D eigenvalue weighted by molar-refractivity contribution is 0.605. The van der Waals surface area contributed by atoms with Crippen molar-refractivity contribution in [2.24, 2.45) is 0 Å². The van der Waals surface area contributed by atoms with Crippen LogP contribution in [0.4, 0.5) is 0 Å². The standard InChI is InChI=1S/C18H20N4O/c1-4-21-18(23)17-15(16(20-21)13-6-7-13)10-19-22(17)14-8-5-11(2)12(3)9-14/h5,8-10,13H,4,6-7H2,1-3H3. The van der Waals surface area contributed by atoms with E-state index in [1.165, 1.54) is 11.1 Å². The van der Waals surface area contributed by atoms with Crippen molar-refractivity contribution in [3.05, 3.63) is 51.6 Å². The van der Waals surface area contributed by atoms with E-state index in [0.29, 0.717) is 18.0 Å². The summed E-state index contributed by atoms with van der Waals surface area (Å²) in [6.45, 7) is 6.69. The van der Waals surface area contributed by atoms with Gasteiger partial charge in [-0.15, -0.1) is 0 Å². The number of nitrogens with zero attached hydrogens (tertiary/aromatic N) is 4. The zero-order valence-corrected chi connectivity index (χ0v) is 13.7. The Kier molecular flexibility index (Phi) is 3.11. The summed E-state index contributed by atoms with van der Waals surface area (Å²) >= 11 is 0. The Morgan fingerprint density at radius 1 is 1.22 bits per heavy atom. The molecule has 5 heteroatoms. The second kappa shape index (κ2) is 5.05. The van der Waals surface area contributed by atoms with Crippen LogP contribution >= 0.6 is 0 Å². The van der Waals surface area contributed by atoms with Gasteiger partial charge >= 0.3 is 0 Å². The van der Waals surface area contributed by atoms with Crippen LogP contribution in [0, 0.1) is 13.8 Å². The summed E-state index contributed by atoms with van der Waals surface area (Å²) in [7, 11) is 0. The summed E-state index contributed by atoms with van der Waals surface area (Å²) in [5.41, 5.74) is 4.96. The van der Waals surface area contributed by atoms with Gasteiger partial charge in [-0.05, 0) is 56.9 Å². The fourth-order valence-corrected chi connectivity index (χ4v) is 3.02. The van der Waals surface area contributed by atoms with E-state index < -0.39 is 0 Å². The number of benzene rings is 1. The van der Waals surface area contributed by atoms with Crippen LogP contribution in [0.3, 0.4) is 0 Å². The van der Waals surface area contributed by atoms with Gasteiger partial charge in [0.15, 0.2) is 0 Å². The number of aryl methyl sites for hydroxylation is 3. The predicted molar refractivity (Wildman–Crippen MR) is 90.2 cm³/mol. The van der Waals surface area contributed by atoms with Crippen molar-refractivity contribution in [3.8, 4) is 5.69 Å². The average molecular weight is 308 g/mol. The summed E-state index contributed by atoms with van der Waals surface area (Å²) in [5.74, 6) is 0.480. The second-order valence-corrected chi connectivity index (χ2v) is 6.37. The maximum Gasteiger partial charge on any atom is 0.293 e. The molecule has 2 aromatic heterocycles. The summed E-state index contributed by atoms with van der Waals surface area (Å²) in [5, 5.41) is 9.98. The van der Waals surface area contributed by atoms with Crippen molar-refractivity contribution in [2.45, 2.75) is 46.1 Å². The number of hydrogen-bond donors (Lipinski definition) is 0. The van der Waals surface area contributed by atoms with Crippen LogP contribution < -0.4 is 5.56 Å². The molecule has 1 aliphatic rings. The fourth-order valence-electron chi connectivity index (χ4n) is 3.02. The van der Waals surface area contributed by atoms with Crippen molar-refractivity contribution in [1.29, 1.82) is 0 Å². The molecule has 0 radical (unpaired) electrons. The molecule has 118 valence electrons. The number of aromatic nitrogens is 4. The van der Waals surface area contributed by atoms with E-state index in [0.717, 1.165) is 29.6 Å². The third-order valence-corrected chi connectivity index (χ3v) is 4.71. The molecule has 0 atom stereocenters. The minimum Gasteiger partial charge on any atom is -0.265 e. The Hall–Kier alpha value is -2.43. The molecule has 1 saturated carbocycles. The topological polar surface area (TPSA) is 52.7 Å². The molecular weight excluding hydrogens is 288 g/mol. The van der Waals surface area contributed by atoms with Gasteiger partial charge in [0.25, 0.3) is 5.56 Å². The minimum atomic E-state index is -0.0670. The van der Waals surface area contributed by atoms with Crippen LogP contribution in [-0.2, 0) is 6.54 Å². The fraction of sp³-hybridized carbons (Fsp3) is 0.389. The van der Waals surface area contributed by atoms with Crippen LogP contribution in [0.1, 0.15) is 42.5 Å². The highest BCUT2D eigenvalue weighted by molar-refractivity contribution is 5.82. The maximum absolute atomic E-state index is 12.8. The first-order chi connectivity index (χ1) is 11.1. The van der Waals surface area contributed by atoms with Crippen LogP contribution in [0.5, 0.6) is 0 Å². The molecule has 0 spiro atoms. The molecule has 1 aliphatic carbocycles. The van der Waals surface area contributed by atoms with Gasteiger partial charge in [0.1, 0.15) is 5.52 Å². The van der Waals surface area contributed by atoms with E-state index in [2.05, 4.69) is 36.2 Å². The lowest BCUT2D eigenvalue weighted by Crippen LogP contribution is -2.25. The highest BCUT2D eigenvalue weighted by Gasteiger charge is 2.30. The van der Waals surface area contributed by atoms with Crippen molar-refractivity contribution in [2.75, 3.05) is 0 Å². The number of hydrogen-bond acceptors (Lipinski definition) is 3. The van der Waals surface area contributed by atoms with Gasteiger partial charge in [-0.1, -0.05) is 6.07 Å². The zero-order valence-electron chi connectivity index (χ0n) is 13.7. The Morgan fingerprint density at radius 3 is 2.65 bits per heavy atom. The lowest BCUT2D eigenvalue weighted by Gasteiger charge is -2.09. The SMILES string of the molecule is CCn1nc(C2CC2)c2cnn(-c3ccc(C)c(C)c3)c2c1=O. The lowest BCUT2D eigenvalue weighted by atomic mass is 10.1. The summed E-state index contributed by atoms with van der Waals surface area (Å²) in [4.78, 5) is 12.8. The molecular formula is C18H20N4O. The molecule has 0 unspecified atom stereocenters. The third kappa shape index (κ3) is 2.19. The summed E-state index contributed by atoms with van der Waals surface area (Å²) < 4.78 is 3.33. The maximum atomic E-state index is 12.8. The summed E-state index contributed by atoms with van der Waals surface area (Å²) in [6.07, 6.45) is 4.10. The van der Waals surface area contributed by atoms with E-state index in [1.54, 1.807) is 15.6 Å². The van der Waals surface area contributed by atoms with Crippen molar-refractivity contribution in [3.63, 3.8) is 0 Å². The van der Waals surface area contributed by atoms with Gasteiger partial charge in [-0.25, -0.2) is 9.36 Å². The average Bonchev–Trinajstić information content (AvgIpc) is 3.29. The first-order valence-corrected chi connectivity index (χ1v) is 8.16. The van der Waals surface area contributed by atoms with Crippen LogP contribution in [-0.4, -0.2) is 19.6 Å². The highest BCUT2D eigenvalue weighted by Crippen LogP contribution is 2.41. The normalized spacial score (nSPS) is 14.6. The van der Waals surface area contributed by atoms with Gasteiger partial charge in [-0.3, -0.25) is 4.79 Å². The highest BCUT2D eigenvalue weighted by atomic mass is 16.1. The van der Waals surface area contributed by atoms with Crippen LogP contribution in [0.2, 0.25) is 0 Å². The van der Waals surface area contributed by atoms with Gasteiger partial charge in [-0.2, -0.15) is 10.2 Å². The van der Waals surface area contributed by atoms with E-state index >= 15 is 0 Å². The molecule has 3 aromatic rings. The largest absolute Gasteiger partial charge is 0.293 e. The third-order valence-electron chi connectivity index (χ3n) is 4.71. The Bertz CT molecular complexity index is 963. The van der Waals surface area contributed by atoms with Crippen molar-refractivity contribution in [1.82, 2.24) is 19.6 Å². The Labute approximate surface area is 134 Å². The molecule has 1 aromatic carbocycles. The molecule has 0 N–H and O–H groups in total. The predicted octanol–water partition coefficient (Wildman–Crippen LogP) is 3.10. The van der Waals surface area contributed by atoms with Crippen LogP contribution in [0.15, 0.2) is 29.2 Å². The first-order valence-electron chi connectivity index (χ1n) is 8.16. The van der Waals surface area contributed by atoms with E-state index in [-0.39, 0.29) is 5.56 Å². The molecule has 1 fully saturated rings. The van der Waals surface area contributed by atoms with E-state index in [9.17, 15) is 4.79 Å².